The molecular weight excluding hydrogens is 512 g/mol. The third-order valence-electron chi connectivity index (χ3n) is 7.90. The number of amides is 3. The molecule has 1 aromatic carbocycles. The van der Waals surface area contributed by atoms with Gasteiger partial charge in [-0.3, -0.25) is 9.59 Å². The molecule has 39 heavy (non-hydrogen) atoms. The summed E-state index contributed by atoms with van der Waals surface area (Å²) in [5.74, 6) is -4.60. The number of para-hydroxylation sites is 2. The second-order valence-corrected chi connectivity index (χ2v) is 10.9. The monoisotopic (exact) mass is 545 g/mol. The third kappa shape index (κ3) is 5.89. The van der Waals surface area contributed by atoms with E-state index in [0.717, 1.165) is 6.42 Å². The first-order valence-electron chi connectivity index (χ1n) is 13.5. The van der Waals surface area contributed by atoms with Gasteiger partial charge < -0.3 is 25.4 Å². The molecule has 2 bridgehead atoms. The molecule has 2 unspecified atom stereocenters. The number of aromatic nitrogens is 2. The van der Waals surface area contributed by atoms with Gasteiger partial charge in [-0.25, -0.2) is 14.8 Å². The maximum Gasteiger partial charge on any atom is 0.407 e. The lowest BCUT2D eigenvalue weighted by molar-refractivity contribution is -0.136. The number of fused-ring (bicyclic) bond motifs is 5. The van der Waals surface area contributed by atoms with Crippen molar-refractivity contribution in [2.45, 2.75) is 76.0 Å². The summed E-state index contributed by atoms with van der Waals surface area (Å²) < 4.78 is 42.8. The highest BCUT2D eigenvalue weighted by Gasteiger charge is 2.43. The van der Waals surface area contributed by atoms with Gasteiger partial charge in [-0.1, -0.05) is 25.5 Å². The van der Waals surface area contributed by atoms with Crippen molar-refractivity contribution in [3.05, 3.63) is 30.0 Å². The molecule has 1 saturated carbocycles. The number of nitrogens with one attached hydrogen (secondary N) is 1. The van der Waals surface area contributed by atoms with Gasteiger partial charge in [0.1, 0.15) is 24.8 Å². The minimum Gasteiger partial charge on any atom is -0.471 e. The van der Waals surface area contributed by atoms with Crippen LogP contribution in [0.4, 0.5) is 13.6 Å². The van der Waals surface area contributed by atoms with Crippen LogP contribution in [0.2, 0.25) is 0 Å². The highest BCUT2D eigenvalue weighted by Crippen LogP contribution is 2.41. The number of alkyl halides is 2. The largest absolute Gasteiger partial charge is 0.471 e. The van der Waals surface area contributed by atoms with Crippen molar-refractivity contribution in [3.63, 3.8) is 0 Å². The van der Waals surface area contributed by atoms with Crippen LogP contribution in [0.3, 0.4) is 0 Å². The van der Waals surface area contributed by atoms with Crippen molar-refractivity contribution < 1.29 is 32.6 Å². The molecule has 2 aromatic rings. The predicted octanol–water partition coefficient (Wildman–Crippen LogP) is 3.27. The summed E-state index contributed by atoms with van der Waals surface area (Å²) in [6, 6.07) is 5.65. The Morgan fingerprint density at radius 1 is 1.10 bits per heavy atom. The Bertz CT molecular complexity index is 1260. The van der Waals surface area contributed by atoms with Crippen LogP contribution in [0.15, 0.2) is 24.3 Å². The molecule has 12 heteroatoms. The highest BCUT2D eigenvalue weighted by molar-refractivity contribution is 5.89. The van der Waals surface area contributed by atoms with Crippen LogP contribution in [0.25, 0.3) is 11.0 Å². The Morgan fingerprint density at radius 3 is 2.59 bits per heavy atom. The number of benzene rings is 1. The third-order valence-corrected chi connectivity index (χ3v) is 7.90. The molecule has 2 fully saturated rings. The molecule has 5 atom stereocenters. The number of rotatable bonds is 1. The van der Waals surface area contributed by atoms with Crippen LogP contribution in [0, 0.1) is 11.8 Å². The lowest BCUT2D eigenvalue weighted by Gasteiger charge is -2.24. The van der Waals surface area contributed by atoms with E-state index in [-0.39, 0.29) is 37.3 Å². The highest BCUT2D eigenvalue weighted by atomic mass is 19.3. The molecule has 3 aliphatic rings. The standard InChI is InChI=1S/C27H33F2N5O5/c1-15-10-16-6-4-5-9-27(28,29)23-25(33-19-8-3-2-7-18(19)32-23)38-17-12-20(24(30)36)34(14-17)22(35)13-31-26(37)39-21(16)11-15/h2-3,7-8,15-17,20-21H,4-6,9-14H2,1H3,(H2,30,36)(H,31,37)/t15-,16?,17-,20?,21-/m1/s1. The van der Waals surface area contributed by atoms with Gasteiger partial charge in [-0.2, -0.15) is 8.78 Å². The van der Waals surface area contributed by atoms with Crippen molar-refractivity contribution in [2.24, 2.45) is 17.6 Å². The summed E-state index contributed by atoms with van der Waals surface area (Å²) in [5, 5.41) is 2.49. The van der Waals surface area contributed by atoms with Crippen LogP contribution in [-0.4, -0.2) is 64.1 Å². The van der Waals surface area contributed by atoms with E-state index in [2.05, 4.69) is 22.2 Å². The van der Waals surface area contributed by atoms with Crippen molar-refractivity contribution in [3.8, 4) is 5.88 Å². The Labute approximate surface area is 224 Å². The van der Waals surface area contributed by atoms with E-state index >= 15 is 8.78 Å². The molecule has 1 saturated heterocycles. The molecule has 3 N–H and O–H groups in total. The van der Waals surface area contributed by atoms with E-state index in [1.165, 1.54) is 4.90 Å². The fraction of sp³-hybridized carbons (Fsp3) is 0.593. The van der Waals surface area contributed by atoms with Gasteiger partial charge in [-0.15, -0.1) is 0 Å². The molecule has 3 heterocycles. The van der Waals surface area contributed by atoms with Gasteiger partial charge in [0.05, 0.1) is 17.6 Å². The Morgan fingerprint density at radius 2 is 1.85 bits per heavy atom. The Kier molecular flexibility index (Phi) is 7.55. The lowest BCUT2D eigenvalue weighted by atomic mass is 9.96. The van der Waals surface area contributed by atoms with Gasteiger partial charge in [0, 0.05) is 12.8 Å². The van der Waals surface area contributed by atoms with Gasteiger partial charge in [0.2, 0.25) is 17.7 Å². The first-order valence-corrected chi connectivity index (χ1v) is 13.5. The summed E-state index contributed by atoms with van der Waals surface area (Å²) in [4.78, 5) is 47.4. The Hall–Kier alpha value is -3.57. The van der Waals surface area contributed by atoms with E-state index in [4.69, 9.17) is 15.2 Å². The van der Waals surface area contributed by atoms with Gasteiger partial charge in [0.15, 0.2) is 5.69 Å². The zero-order valence-electron chi connectivity index (χ0n) is 21.8. The Balaban J connectivity index is 1.47. The summed E-state index contributed by atoms with van der Waals surface area (Å²) in [6.45, 7) is 1.57. The average molecular weight is 546 g/mol. The maximum atomic E-state index is 15.6. The van der Waals surface area contributed by atoms with E-state index in [1.54, 1.807) is 24.3 Å². The van der Waals surface area contributed by atoms with E-state index in [0.29, 0.717) is 36.2 Å². The summed E-state index contributed by atoms with van der Waals surface area (Å²) in [7, 11) is 0. The first-order chi connectivity index (χ1) is 18.6. The molecule has 0 spiro atoms. The normalized spacial score (nSPS) is 29.8. The number of nitrogens with two attached hydrogens (primary N) is 1. The van der Waals surface area contributed by atoms with Crippen LogP contribution in [0.1, 0.15) is 57.6 Å². The zero-order valence-corrected chi connectivity index (χ0v) is 21.8. The molecule has 10 nitrogen and oxygen atoms in total. The number of alkyl carbamates (subject to hydrolysis) is 1. The molecular formula is C27H33F2N5O5. The van der Waals surface area contributed by atoms with Crippen molar-refractivity contribution in [2.75, 3.05) is 13.1 Å². The number of ether oxygens (including phenoxy) is 2. The number of carbonyl (C=O) groups excluding carboxylic acids is 3. The molecule has 3 amide bonds. The van der Waals surface area contributed by atoms with Crippen LogP contribution in [-0.2, 0) is 20.2 Å². The zero-order chi connectivity index (χ0) is 27.7. The summed E-state index contributed by atoms with van der Waals surface area (Å²) >= 11 is 0. The van der Waals surface area contributed by atoms with Gasteiger partial charge >= 0.3 is 6.09 Å². The minimum atomic E-state index is -3.33. The number of hydrogen-bond acceptors (Lipinski definition) is 7. The average Bonchev–Trinajstić information content (AvgIpc) is 3.47. The molecule has 210 valence electrons. The number of carbonyl (C=O) groups is 3. The molecule has 2 aliphatic heterocycles. The maximum absolute atomic E-state index is 15.6. The van der Waals surface area contributed by atoms with Gasteiger partial charge in [-0.05, 0) is 49.7 Å². The van der Waals surface area contributed by atoms with Gasteiger partial charge in [0.25, 0.3) is 5.92 Å². The minimum absolute atomic E-state index is 0.00726. The fourth-order valence-electron chi connectivity index (χ4n) is 5.99. The second kappa shape index (κ2) is 10.9. The van der Waals surface area contributed by atoms with Crippen LogP contribution < -0.4 is 15.8 Å². The smallest absolute Gasteiger partial charge is 0.407 e. The fourth-order valence-corrected chi connectivity index (χ4v) is 5.99. The van der Waals surface area contributed by atoms with Crippen LogP contribution in [0.5, 0.6) is 5.88 Å². The SMILES string of the molecule is C[C@@H]1CC2CCCCC(F)(F)c3nc4ccccc4nc3O[C@@H]3CC(C(N)=O)N(C3)C(=O)CNC(=O)O[C@@H]2C1. The first kappa shape index (κ1) is 27.0. The summed E-state index contributed by atoms with van der Waals surface area (Å²) in [6.07, 6.45) is 0.542. The van der Waals surface area contributed by atoms with Crippen molar-refractivity contribution in [1.29, 1.82) is 0 Å². The van der Waals surface area contributed by atoms with E-state index in [9.17, 15) is 14.4 Å². The van der Waals surface area contributed by atoms with Crippen molar-refractivity contribution in [1.82, 2.24) is 20.2 Å². The molecule has 1 aliphatic carbocycles. The molecule has 1 aromatic heterocycles. The number of hydrogen-bond donors (Lipinski definition) is 2. The van der Waals surface area contributed by atoms with Crippen molar-refractivity contribution >= 4 is 28.9 Å². The van der Waals surface area contributed by atoms with E-state index in [1.807, 2.05) is 0 Å². The summed E-state index contributed by atoms with van der Waals surface area (Å²) in [5.41, 5.74) is 5.68. The number of halogens is 2. The quantitative estimate of drug-likeness (QED) is 0.561. The van der Waals surface area contributed by atoms with Crippen LogP contribution >= 0.6 is 0 Å². The second-order valence-electron chi connectivity index (χ2n) is 10.9. The predicted molar refractivity (Wildman–Crippen MR) is 136 cm³/mol. The number of nitrogens with zero attached hydrogens (tertiary/aromatic N) is 3. The lowest BCUT2D eigenvalue weighted by Crippen LogP contribution is -2.48. The number of primary amides is 1. The molecule has 5 rings (SSSR count). The topological polar surface area (TPSA) is 137 Å². The molecule has 0 radical (unpaired) electrons. The van der Waals surface area contributed by atoms with E-state index < -0.39 is 54.6 Å².